The van der Waals surface area contributed by atoms with Crippen LogP contribution in [0.25, 0.3) is 0 Å². The van der Waals surface area contributed by atoms with E-state index in [0.717, 1.165) is 0 Å². The van der Waals surface area contributed by atoms with Crippen LogP contribution in [-0.4, -0.2) is 35.2 Å². The normalized spacial score (nSPS) is 11.7. The van der Waals surface area contributed by atoms with Gasteiger partial charge in [0.2, 0.25) is 0 Å². The van der Waals surface area contributed by atoms with Gasteiger partial charge in [-0.05, 0) is 30.7 Å². The third kappa shape index (κ3) is 5.22. The van der Waals surface area contributed by atoms with E-state index >= 15 is 0 Å². The van der Waals surface area contributed by atoms with Crippen molar-refractivity contribution in [3.05, 3.63) is 61.6 Å². The van der Waals surface area contributed by atoms with Crippen molar-refractivity contribution in [3.8, 4) is 5.75 Å². The summed E-state index contributed by atoms with van der Waals surface area (Å²) in [4.78, 5) is 22.6. The number of hydrogen-bond acceptors (Lipinski definition) is 6. The average Bonchev–Trinajstić information content (AvgIpc) is 2.62. The molecule has 0 spiro atoms. The molecule has 0 radical (unpaired) electrons. The maximum Gasteiger partial charge on any atom is 0.293 e. The Balaban J connectivity index is 1.97. The molecule has 0 saturated heterocycles. The number of carbonyl (C=O) groups is 1. The van der Waals surface area contributed by atoms with Crippen LogP contribution in [-0.2, 0) is 0 Å². The first-order valence-electron chi connectivity index (χ1n) is 7.78. The number of nitrogens with two attached hydrogens (primary N) is 1. The van der Waals surface area contributed by atoms with Gasteiger partial charge in [-0.1, -0.05) is 29.3 Å². The van der Waals surface area contributed by atoms with Crippen molar-refractivity contribution in [3.63, 3.8) is 0 Å². The molecule has 8 nitrogen and oxygen atoms in total. The number of aryl methyl sites for hydroxylation is 1. The van der Waals surface area contributed by atoms with Gasteiger partial charge in [0.1, 0.15) is 29.2 Å². The molecule has 0 aliphatic rings. The highest BCUT2D eigenvalue weighted by atomic mass is 35.5. The topological polar surface area (TPSA) is 128 Å². The van der Waals surface area contributed by atoms with Crippen molar-refractivity contribution >= 4 is 40.5 Å². The van der Waals surface area contributed by atoms with E-state index in [1.165, 1.54) is 12.1 Å². The molecular weight excluding hydrogens is 397 g/mol. The van der Waals surface area contributed by atoms with Gasteiger partial charge in [-0.3, -0.25) is 14.9 Å². The van der Waals surface area contributed by atoms with Crippen molar-refractivity contribution in [2.24, 2.45) is 0 Å². The van der Waals surface area contributed by atoms with E-state index in [1.54, 1.807) is 25.1 Å². The summed E-state index contributed by atoms with van der Waals surface area (Å²) in [5.41, 5.74) is 5.60. The van der Waals surface area contributed by atoms with Crippen LogP contribution in [0.2, 0.25) is 10.0 Å². The molecular formula is C17H17Cl2N3O5. The van der Waals surface area contributed by atoms with E-state index in [4.69, 9.17) is 33.7 Å². The summed E-state index contributed by atoms with van der Waals surface area (Å²) in [6.45, 7) is 1.31. The van der Waals surface area contributed by atoms with Gasteiger partial charge >= 0.3 is 0 Å². The predicted molar refractivity (Wildman–Crippen MR) is 103 cm³/mol. The first kappa shape index (κ1) is 20.8. The first-order chi connectivity index (χ1) is 12.7. The van der Waals surface area contributed by atoms with Crippen molar-refractivity contribution in [1.29, 1.82) is 0 Å². The summed E-state index contributed by atoms with van der Waals surface area (Å²) in [6.07, 6.45) is -1.05. The first-order valence-corrected chi connectivity index (χ1v) is 8.54. The largest absolute Gasteiger partial charge is 0.489 e. The van der Waals surface area contributed by atoms with Crippen LogP contribution in [0.3, 0.4) is 0 Å². The Morgan fingerprint density at radius 2 is 2.11 bits per heavy atom. The standard InChI is InChI=1S/C17H17Cl2N3O5/c1-9-5-11(16(20)13(6-9)22(25)26)17(24)21-7-10(23)8-27-14-4-2-3-12(18)15(14)19/h2-6,10,23H,7-8,20H2,1H3,(H,21,24). The second-order valence-corrected chi connectivity index (χ2v) is 6.51. The van der Waals surface area contributed by atoms with Crippen LogP contribution in [0.1, 0.15) is 15.9 Å². The number of nitrogen functional groups attached to an aromatic ring is 1. The van der Waals surface area contributed by atoms with Crippen molar-refractivity contribution < 1.29 is 19.6 Å². The maximum absolute atomic E-state index is 12.3. The minimum atomic E-state index is -1.05. The second-order valence-electron chi connectivity index (χ2n) is 5.73. The SMILES string of the molecule is Cc1cc(C(=O)NCC(O)COc2cccc(Cl)c2Cl)c(N)c([N+](=O)[O-])c1. The third-order valence-corrected chi connectivity index (χ3v) is 4.39. The lowest BCUT2D eigenvalue weighted by atomic mass is 10.1. The molecule has 27 heavy (non-hydrogen) atoms. The summed E-state index contributed by atoms with van der Waals surface area (Å²) in [7, 11) is 0. The van der Waals surface area contributed by atoms with Gasteiger partial charge in [-0.15, -0.1) is 0 Å². The van der Waals surface area contributed by atoms with Crippen molar-refractivity contribution in [2.75, 3.05) is 18.9 Å². The van der Waals surface area contributed by atoms with E-state index in [9.17, 15) is 20.0 Å². The fourth-order valence-corrected chi connectivity index (χ4v) is 2.61. The molecule has 0 bridgehead atoms. The maximum atomic E-state index is 12.3. The molecule has 2 aromatic rings. The lowest BCUT2D eigenvalue weighted by Gasteiger charge is -2.15. The van der Waals surface area contributed by atoms with Gasteiger partial charge in [0.05, 0.1) is 15.5 Å². The average molecular weight is 414 g/mol. The van der Waals surface area contributed by atoms with Crippen LogP contribution in [0.5, 0.6) is 5.75 Å². The molecule has 2 aromatic carbocycles. The lowest BCUT2D eigenvalue weighted by Crippen LogP contribution is -2.35. The van der Waals surface area contributed by atoms with Gasteiger partial charge in [-0.25, -0.2) is 0 Å². The number of carbonyl (C=O) groups excluding carboxylic acids is 1. The van der Waals surface area contributed by atoms with E-state index in [-0.39, 0.29) is 35.1 Å². The molecule has 0 heterocycles. The van der Waals surface area contributed by atoms with E-state index in [0.29, 0.717) is 16.3 Å². The molecule has 144 valence electrons. The summed E-state index contributed by atoms with van der Waals surface area (Å²) in [5.74, 6) is -0.341. The number of rotatable bonds is 7. The second kappa shape index (κ2) is 8.90. The molecule has 1 atom stereocenters. The molecule has 2 rings (SSSR count). The fraction of sp³-hybridized carbons (Fsp3) is 0.235. The molecule has 0 aromatic heterocycles. The van der Waals surface area contributed by atoms with E-state index in [2.05, 4.69) is 5.32 Å². The number of benzene rings is 2. The summed E-state index contributed by atoms with van der Waals surface area (Å²) in [5, 5.41) is 24.0. The Kier molecular flexibility index (Phi) is 6.84. The summed E-state index contributed by atoms with van der Waals surface area (Å²) < 4.78 is 5.38. The highest BCUT2D eigenvalue weighted by Gasteiger charge is 2.21. The highest BCUT2D eigenvalue weighted by molar-refractivity contribution is 6.42. The lowest BCUT2D eigenvalue weighted by molar-refractivity contribution is -0.384. The summed E-state index contributed by atoms with van der Waals surface area (Å²) in [6, 6.07) is 7.55. The zero-order valence-corrected chi connectivity index (χ0v) is 15.8. The molecule has 0 saturated carbocycles. The zero-order valence-electron chi connectivity index (χ0n) is 14.2. The number of halogens is 2. The zero-order chi connectivity index (χ0) is 20.1. The number of anilines is 1. The number of nitrogens with zero attached hydrogens (tertiary/aromatic N) is 1. The van der Waals surface area contributed by atoms with Gasteiger partial charge in [0, 0.05) is 12.6 Å². The number of nitrogens with one attached hydrogen (secondary N) is 1. The van der Waals surface area contributed by atoms with Crippen LogP contribution >= 0.6 is 23.2 Å². The van der Waals surface area contributed by atoms with Gasteiger partial charge in [0.25, 0.3) is 11.6 Å². The number of aliphatic hydroxyl groups excluding tert-OH is 1. The minimum Gasteiger partial charge on any atom is -0.489 e. The third-order valence-electron chi connectivity index (χ3n) is 3.59. The number of nitro groups is 1. The molecule has 0 aliphatic carbocycles. The summed E-state index contributed by atoms with van der Waals surface area (Å²) >= 11 is 11.9. The molecule has 4 N–H and O–H groups in total. The van der Waals surface area contributed by atoms with Crippen LogP contribution in [0.15, 0.2) is 30.3 Å². The fourth-order valence-electron chi connectivity index (χ4n) is 2.26. The highest BCUT2D eigenvalue weighted by Crippen LogP contribution is 2.31. The number of amides is 1. The Morgan fingerprint density at radius 1 is 1.41 bits per heavy atom. The van der Waals surface area contributed by atoms with Crippen LogP contribution in [0.4, 0.5) is 11.4 Å². The molecule has 0 aliphatic heterocycles. The Hall–Kier alpha value is -2.55. The predicted octanol–water partition coefficient (Wildman–Crippen LogP) is 2.96. The minimum absolute atomic E-state index is 0.0345. The Bertz CT molecular complexity index is 876. The van der Waals surface area contributed by atoms with Crippen molar-refractivity contribution in [2.45, 2.75) is 13.0 Å². The Labute approximate surface area is 165 Å². The van der Waals surface area contributed by atoms with Crippen LogP contribution < -0.4 is 15.8 Å². The Morgan fingerprint density at radius 3 is 2.78 bits per heavy atom. The van der Waals surface area contributed by atoms with Gasteiger partial charge in [-0.2, -0.15) is 0 Å². The monoisotopic (exact) mass is 413 g/mol. The van der Waals surface area contributed by atoms with Gasteiger partial charge in [0.15, 0.2) is 0 Å². The molecule has 1 unspecified atom stereocenters. The quantitative estimate of drug-likeness (QED) is 0.363. The van der Waals surface area contributed by atoms with Crippen LogP contribution in [0, 0.1) is 17.0 Å². The number of hydrogen-bond donors (Lipinski definition) is 3. The molecule has 0 fully saturated rings. The smallest absolute Gasteiger partial charge is 0.293 e. The number of ether oxygens (including phenoxy) is 1. The van der Waals surface area contributed by atoms with E-state index in [1.807, 2.05) is 0 Å². The molecule has 1 amide bonds. The number of aliphatic hydroxyl groups is 1. The van der Waals surface area contributed by atoms with E-state index < -0.39 is 16.9 Å². The van der Waals surface area contributed by atoms with Crippen molar-refractivity contribution in [1.82, 2.24) is 5.32 Å². The van der Waals surface area contributed by atoms with Gasteiger partial charge < -0.3 is 20.9 Å². The number of nitro benzene ring substituents is 1. The molecule has 10 heteroatoms.